The standard InChI is InChI=1S/C10H18N2O3.2C10H18N2O2S/c1-10(2,3)15-9(14)12-6-4-5-7(12)8(11)13;2*1-10(2,3)14-9(13)12-6-4-5-7(12)8(11)15/h7H,4-6H2,1-3H3,(H2,11,13);2*7H,4-6H2,1-3H3,(H2,11,15)/t3*7-/m000/s1. The van der Waals surface area contributed by atoms with Gasteiger partial charge in [-0.05, 0) is 101 Å². The van der Waals surface area contributed by atoms with Gasteiger partial charge in [-0.15, -0.1) is 0 Å². The van der Waals surface area contributed by atoms with Crippen molar-refractivity contribution >= 4 is 58.6 Å². The number of nitrogens with zero attached hydrogens (tertiary/aromatic N) is 3. The molecule has 13 nitrogen and oxygen atoms in total. The molecule has 0 aromatic carbocycles. The van der Waals surface area contributed by atoms with Crippen LogP contribution in [0.2, 0.25) is 0 Å². The highest BCUT2D eigenvalue weighted by molar-refractivity contribution is 7.80. The van der Waals surface area contributed by atoms with Crippen molar-refractivity contribution < 1.29 is 33.4 Å². The van der Waals surface area contributed by atoms with E-state index in [1.54, 1.807) is 30.6 Å². The number of ether oxygens (including phenoxy) is 3. The van der Waals surface area contributed by atoms with E-state index in [2.05, 4.69) is 0 Å². The highest BCUT2D eigenvalue weighted by Gasteiger charge is 2.36. The molecule has 3 saturated heterocycles. The molecule has 3 aliphatic rings. The van der Waals surface area contributed by atoms with Crippen LogP contribution in [0, 0.1) is 0 Å². The predicted molar refractivity (Wildman–Crippen MR) is 181 cm³/mol. The zero-order chi connectivity index (χ0) is 34.9. The van der Waals surface area contributed by atoms with Crippen LogP contribution in [0.1, 0.15) is 101 Å². The van der Waals surface area contributed by atoms with E-state index in [1.807, 2.05) is 41.5 Å². The van der Waals surface area contributed by atoms with E-state index in [-0.39, 0.29) is 24.3 Å². The van der Waals surface area contributed by atoms with Gasteiger partial charge in [0, 0.05) is 19.6 Å². The number of nitrogens with two attached hydrogens (primary N) is 3. The van der Waals surface area contributed by atoms with Crippen LogP contribution in [0.25, 0.3) is 0 Å². The molecule has 0 bridgehead atoms. The van der Waals surface area contributed by atoms with Crippen LogP contribution in [0.5, 0.6) is 0 Å². The number of rotatable bonds is 3. The molecule has 0 spiro atoms. The molecule has 0 aromatic heterocycles. The molecular formula is C30H54N6O7S2. The van der Waals surface area contributed by atoms with Crippen molar-refractivity contribution in [1.29, 1.82) is 0 Å². The third kappa shape index (κ3) is 14.4. The maximum absolute atomic E-state index is 11.8. The van der Waals surface area contributed by atoms with Crippen molar-refractivity contribution in [2.24, 2.45) is 17.2 Å². The lowest BCUT2D eigenvalue weighted by Crippen LogP contribution is -2.45. The van der Waals surface area contributed by atoms with Crippen LogP contribution in [0.4, 0.5) is 14.4 Å². The molecular weight excluding hydrogens is 620 g/mol. The molecule has 0 saturated carbocycles. The summed E-state index contributed by atoms with van der Waals surface area (Å²) in [5.74, 6) is -0.460. The topological polar surface area (TPSA) is 184 Å². The van der Waals surface area contributed by atoms with Crippen LogP contribution >= 0.6 is 24.4 Å². The van der Waals surface area contributed by atoms with E-state index < -0.39 is 34.8 Å². The second-order valence-corrected chi connectivity index (χ2v) is 15.1. The molecule has 15 heteroatoms. The van der Waals surface area contributed by atoms with E-state index in [4.69, 9.17) is 55.8 Å². The highest BCUT2D eigenvalue weighted by atomic mass is 32.1. The van der Waals surface area contributed by atoms with Crippen molar-refractivity contribution in [1.82, 2.24) is 14.7 Å². The summed E-state index contributed by atoms with van der Waals surface area (Å²) < 4.78 is 15.7. The first kappa shape index (κ1) is 40.1. The SMILES string of the molecule is CC(C)(C)OC(=O)N1CCC[C@H]1C(N)=O.CC(C)(C)OC(=O)N1CCC[C@H]1C(N)=S.CC(C)(C)OC(=O)N1CCC[C@H]1C(N)=S. The molecule has 4 amide bonds. The van der Waals surface area contributed by atoms with Gasteiger partial charge < -0.3 is 31.4 Å². The summed E-state index contributed by atoms with van der Waals surface area (Å²) in [6.07, 6.45) is 3.88. The number of thiocarbonyl (C=S) groups is 2. The van der Waals surface area contributed by atoms with Gasteiger partial charge in [-0.25, -0.2) is 14.4 Å². The normalized spacial score (nSPS) is 21.5. The Morgan fingerprint density at radius 3 is 1.00 bits per heavy atom. The quantitative estimate of drug-likeness (QED) is 0.288. The number of hydrogen-bond acceptors (Lipinski definition) is 9. The fourth-order valence-electron chi connectivity index (χ4n) is 4.80. The predicted octanol–water partition coefficient (Wildman–Crippen LogP) is 4.22. The maximum atomic E-state index is 11.8. The molecule has 0 aromatic rings. The Morgan fingerprint density at radius 2 is 0.778 bits per heavy atom. The van der Waals surface area contributed by atoms with Gasteiger partial charge in [-0.1, -0.05) is 24.4 Å². The Labute approximate surface area is 278 Å². The molecule has 3 rings (SSSR count). The Balaban J connectivity index is 0.000000337. The van der Waals surface area contributed by atoms with Gasteiger partial charge in [-0.2, -0.15) is 0 Å². The van der Waals surface area contributed by atoms with Crippen molar-refractivity contribution in [3.8, 4) is 0 Å². The molecule has 3 aliphatic heterocycles. The number of likely N-dealkylation sites (tertiary alicyclic amines) is 3. The first-order valence-electron chi connectivity index (χ1n) is 15.3. The maximum Gasteiger partial charge on any atom is 0.410 e. The van der Waals surface area contributed by atoms with Crippen LogP contribution < -0.4 is 17.2 Å². The number of carbonyl (C=O) groups excluding carboxylic acids is 4. The smallest absolute Gasteiger partial charge is 0.410 e. The number of amides is 4. The van der Waals surface area contributed by atoms with Gasteiger partial charge in [-0.3, -0.25) is 19.5 Å². The summed E-state index contributed by atoms with van der Waals surface area (Å²) >= 11 is 9.84. The van der Waals surface area contributed by atoms with Gasteiger partial charge in [0.05, 0.1) is 22.1 Å². The Bertz CT molecular complexity index is 951. The zero-order valence-corrected chi connectivity index (χ0v) is 30.0. The molecule has 0 aliphatic carbocycles. The molecule has 3 heterocycles. The average molecular weight is 675 g/mol. The van der Waals surface area contributed by atoms with Crippen LogP contribution in [-0.2, 0) is 19.0 Å². The number of hydrogen-bond donors (Lipinski definition) is 3. The lowest BCUT2D eigenvalue weighted by Gasteiger charge is -2.28. The second kappa shape index (κ2) is 16.6. The monoisotopic (exact) mass is 674 g/mol. The molecule has 45 heavy (non-hydrogen) atoms. The van der Waals surface area contributed by atoms with Gasteiger partial charge >= 0.3 is 18.3 Å². The Hall–Kier alpha value is -2.94. The molecule has 258 valence electrons. The van der Waals surface area contributed by atoms with Gasteiger partial charge in [0.15, 0.2) is 0 Å². The van der Waals surface area contributed by atoms with Crippen molar-refractivity contribution in [2.75, 3.05) is 19.6 Å². The zero-order valence-electron chi connectivity index (χ0n) is 28.3. The lowest BCUT2D eigenvalue weighted by atomic mass is 10.2. The summed E-state index contributed by atoms with van der Waals surface area (Å²) in [6.45, 7) is 18.3. The minimum absolute atomic E-state index is 0.130. The molecule has 0 radical (unpaired) electrons. The van der Waals surface area contributed by atoms with E-state index in [0.717, 1.165) is 32.1 Å². The van der Waals surface area contributed by atoms with Crippen molar-refractivity contribution in [3.63, 3.8) is 0 Å². The number of primary amides is 1. The lowest BCUT2D eigenvalue weighted by molar-refractivity contribution is -0.122. The molecule has 3 fully saturated rings. The summed E-state index contributed by atoms with van der Waals surface area (Å²) in [5.41, 5.74) is 14.9. The number of carbonyl (C=O) groups is 4. The van der Waals surface area contributed by atoms with Gasteiger partial charge in [0.25, 0.3) is 0 Å². The Kier molecular flexibility index (Phi) is 14.8. The van der Waals surface area contributed by atoms with Crippen molar-refractivity contribution in [2.45, 2.75) is 136 Å². The van der Waals surface area contributed by atoms with Crippen molar-refractivity contribution in [3.05, 3.63) is 0 Å². The van der Waals surface area contributed by atoms with E-state index in [1.165, 1.54) is 4.90 Å². The van der Waals surface area contributed by atoms with Gasteiger partial charge in [0.1, 0.15) is 22.8 Å². The molecule has 3 atom stereocenters. The summed E-state index contributed by atoms with van der Waals surface area (Å²) in [5, 5.41) is 0. The average Bonchev–Trinajstić information content (AvgIpc) is 3.62. The third-order valence-corrected chi connectivity index (χ3v) is 7.17. The van der Waals surface area contributed by atoms with Gasteiger partial charge in [0.2, 0.25) is 5.91 Å². The second-order valence-electron chi connectivity index (χ2n) is 14.2. The summed E-state index contributed by atoms with van der Waals surface area (Å²) in [4.78, 5) is 51.6. The summed E-state index contributed by atoms with van der Waals surface area (Å²) in [7, 11) is 0. The minimum Gasteiger partial charge on any atom is -0.444 e. The minimum atomic E-state index is -0.540. The summed E-state index contributed by atoms with van der Waals surface area (Å²) in [6, 6.07) is -0.760. The third-order valence-electron chi connectivity index (χ3n) is 6.63. The van der Waals surface area contributed by atoms with E-state index in [9.17, 15) is 19.2 Å². The molecule has 0 unspecified atom stereocenters. The Morgan fingerprint density at radius 1 is 0.533 bits per heavy atom. The van der Waals surface area contributed by atoms with E-state index in [0.29, 0.717) is 36.0 Å². The molecule has 6 N–H and O–H groups in total. The largest absolute Gasteiger partial charge is 0.444 e. The van der Waals surface area contributed by atoms with Crippen LogP contribution in [-0.4, -0.2) is 103 Å². The van der Waals surface area contributed by atoms with E-state index >= 15 is 0 Å². The first-order chi connectivity index (χ1) is 20.4. The highest BCUT2D eigenvalue weighted by Crippen LogP contribution is 2.23. The first-order valence-corrected chi connectivity index (χ1v) is 16.1. The van der Waals surface area contributed by atoms with Crippen LogP contribution in [0.15, 0.2) is 0 Å². The fraction of sp³-hybridized carbons (Fsp3) is 0.800. The van der Waals surface area contributed by atoms with Crippen LogP contribution in [0.3, 0.4) is 0 Å². The fourth-order valence-corrected chi connectivity index (χ4v) is 5.29.